The first-order valence-electron chi connectivity index (χ1n) is 14.2. The van der Waals surface area contributed by atoms with E-state index in [9.17, 15) is 4.79 Å². The Bertz CT molecular complexity index is 1790. The molecule has 0 fully saturated rings. The van der Waals surface area contributed by atoms with Gasteiger partial charge in [0, 0.05) is 65.8 Å². The van der Waals surface area contributed by atoms with Gasteiger partial charge in [0.25, 0.3) is 0 Å². The lowest BCUT2D eigenvalue weighted by molar-refractivity contribution is -0.116. The van der Waals surface area contributed by atoms with Crippen molar-refractivity contribution in [2.75, 3.05) is 29.6 Å². The molecule has 5 nitrogen and oxygen atoms in total. The van der Waals surface area contributed by atoms with E-state index >= 15 is 0 Å². The van der Waals surface area contributed by atoms with Gasteiger partial charge in [-0.2, -0.15) is 0 Å². The highest BCUT2D eigenvalue weighted by Gasteiger charge is 2.36. The van der Waals surface area contributed by atoms with E-state index in [-0.39, 0.29) is 17.7 Å². The van der Waals surface area contributed by atoms with E-state index in [1.807, 2.05) is 26.2 Å². The average Bonchev–Trinajstić information content (AvgIpc) is 3.18. The minimum Gasteiger partial charge on any atom is -0.378 e. The number of hydrogen-bond donors (Lipinski definition) is 2. The molecule has 0 radical (unpaired) electrons. The Hall–Kier alpha value is -4.51. The number of aryl methyl sites for hydroxylation is 1. The predicted octanol–water partition coefficient (Wildman–Crippen LogP) is 7.86. The van der Waals surface area contributed by atoms with Crippen LogP contribution in [-0.4, -0.2) is 24.4 Å². The summed E-state index contributed by atoms with van der Waals surface area (Å²) in [4.78, 5) is 16.2. The lowest BCUT2D eigenvalue weighted by atomic mass is 9.78. The molecule has 2 heterocycles. The number of anilines is 3. The lowest BCUT2D eigenvalue weighted by Gasteiger charge is -2.30. The Morgan fingerprint density at radius 2 is 1.50 bits per heavy atom. The quantitative estimate of drug-likeness (QED) is 0.250. The van der Waals surface area contributed by atoms with Gasteiger partial charge in [0.2, 0.25) is 0 Å². The summed E-state index contributed by atoms with van der Waals surface area (Å²) in [6, 6.07) is 32.0. The fourth-order valence-electron chi connectivity index (χ4n) is 6.61. The molecule has 40 heavy (non-hydrogen) atoms. The Balaban J connectivity index is 1.35. The highest BCUT2D eigenvalue weighted by molar-refractivity contribution is 6.08. The second kappa shape index (κ2) is 9.60. The summed E-state index contributed by atoms with van der Waals surface area (Å²) in [6.07, 6.45) is 1.31. The van der Waals surface area contributed by atoms with E-state index in [4.69, 9.17) is 0 Å². The van der Waals surface area contributed by atoms with E-state index in [0.29, 0.717) is 6.42 Å². The smallest absolute Gasteiger partial charge is 0.163 e. The molecule has 2 aliphatic rings. The van der Waals surface area contributed by atoms with E-state index in [1.165, 1.54) is 27.4 Å². The molecular formula is C35H34N4O. The van der Waals surface area contributed by atoms with Crippen molar-refractivity contribution in [3.05, 3.63) is 113 Å². The number of rotatable bonds is 4. The van der Waals surface area contributed by atoms with Crippen LogP contribution < -0.4 is 15.5 Å². The van der Waals surface area contributed by atoms with Crippen molar-refractivity contribution >= 4 is 44.7 Å². The lowest BCUT2D eigenvalue weighted by Crippen LogP contribution is -2.26. The van der Waals surface area contributed by atoms with E-state index in [2.05, 4.69) is 106 Å². The highest BCUT2D eigenvalue weighted by atomic mass is 16.1. The van der Waals surface area contributed by atoms with Crippen molar-refractivity contribution in [3.8, 4) is 0 Å². The number of fused-ring (bicyclic) bond motifs is 4. The number of aromatic nitrogens is 1. The van der Waals surface area contributed by atoms with Gasteiger partial charge < -0.3 is 20.1 Å². The van der Waals surface area contributed by atoms with E-state index < -0.39 is 0 Å². The summed E-state index contributed by atoms with van der Waals surface area (Å²) in [5, 5.41) is 9.92. The van der Waals surface area contributed by atoms with Crippen LogP contribution in [0.4, 0.5) is 17.1 Å². The molecule has 1 aliphatic carbocycles. The predicted molar refractivity (Wildman–Crippen MR) is 166 cm³/mol. The van der Waals surface area contributed by atoms with Gasteiger partial charge >= 0.3 is 0 Å². The monoisotopic (exact) mass is 526 g/mol. The number of carbonyl (C=O) groups excluding carboxylic acids is 1. The van der Waals surface area contributed by atoms with Crippen molar-refractivity contribution in [1.82, 2.24) is 4.57 Å². The topological polar surface area (TPSA) is 49.3 Å². The summed E-state index contributed by atoms with van der Waals surface area (Å²) in [5.41, 5.74) is 9.86. The Labute approximate surface area is 235 Å². The van der Waals surface area contributed by atoms with Gasteiger partial charge in [0.05, 0.1) is 17.4 Å². The molecule has 5 heteroatoms. The fraction of sp³-hybridized carbons (Fsp3) is 0.229. The molecule has 1 aromatic heterocycles. The number of carbonyl (C=O) groups is 1. The van der Waals surface area contributed by atoms with Gasteiger partial charge in [-0.05, 0) is 72.9 Å². The van der Waals surface area contributed by atoms with Crippen molar-refractivity contribution in [2.24, 2.45) is 0 Å². The molecule has 5 aromatic rings. The summed E-state index contributed by atoms with van der Waals surface area (Å²) in [7, 11) is 4.10. The molecule has 200 valence electrons. The first-order chi connectivity index (χ1) is 19.5. The molecule has 0 saturated carbocycles. The molecule has 2 unspecified atom stereocenters. The number of hydrogen-bond acceptors (Lipinski definition) is 4. The first-order valence-corrected chi connectivity index (χ1v) is 14.2. The van der Waals surface area contributed by atoms with Crippen LogP contribution >= 0.6 is 0 Å². The standard InChI is InChI=1S/C35H34N4O/c1-4-39-31-12-8-5-9-26(31)27-19-23(15-18-32(27)39)35-34-30(36-28-10-6-7-11-29(28)37-35)20-24(21-33(34)40)22-13-16-25(17-14-22)38(2)3/h5-19,24,35-37H,4,20-21H2,1-3H3. The molecule has 4 aromatic carbocycles. The largest absolute Gasteiger partial charge is 0.378 e. The first kappa shape index (κ1) is 24.5. The normalized spacial score (nSPS) is 18.6. The molecule has 0 bridgehead atoms. The molecular weight excluding hydrogens is 492 g/mol. The molecule has 0 spiro atoms. The average molecular weight is 527 g/mol. The van der Waals surface area contributed by atoms with Crippen molar-refractivity contribution in [1.29, 1.82) is 0 Å². The molecule has 0 amide bonds. The number of Topliss-reactive ketones (excluding diaryl/α,β-unsaturated/α-hetero) is 1. The summed E-state index contributed by atoms with van der Waals surface area (Å²) in [6.45, 7) is 3.10. The van der Waals surface area contributed by atoms with E-state index in [0.717, 1.165) is 46.9 Å². The third-order valence-corrected chi connectivity index (χ3v) is 8.64. The van der Waals surface area contributed by atoms with Crippen molar-refractivity contribution in [3.63, 3.8) is 0 Å². The summed E-state index contributed by atoms with van der Waals surface area (Å²) >= 11 is 0. The number of nitrogens with one attached hydrogen (secondary N) is 2. The molecule has 1 aliphatic heterocycles. The fourth-order valence-corrected chi connectivity index (χ4v) is 6.61. The zero-order valence-corrected chi connectivity index (χ0v) is 23.2. The zero-order chi connectivity index (χ0) is 27.4. The third kappa shape index (κ3) is 3.96. The maximum atomic E-state index is 14.1. The number of para-hydroxylation sites is 3. The van der Waals surface area contributed by atoms with Gasteiger partial charge in [-0.3, -0.25) is 4.79 Å². The number of benzene rings is 4. The second-order valence-electron chi connectivity index (χ2n) is 11.2. The number of ketones is 1. The van der Waals surface area contributed by atoms with Crippen LogP contribution in [0.5, 0.6) is 0 Å². The minimum atomic E-state index is -0.233. The van der Waals surface area contributed by atoms with Gasteiger partial charge in [-0.25, -0.2) is 0 Å². The Kier molecular flexibility index (Phi) is 5.88. The molecule has 2 atom stereocenters. The summed E-state index contributed by atoms with van der Waals surface area (Å²) < 4.78 is 2.37. The van der Waals surface area contributed by atoms with Crippen molar-refractivity contribution < 1.29 is 4.79 Å². The van der Waals surface area contributed by atoms with Gasteiger partial charge in [0.1, 0.15) is 0 Å². The second-order valence-corrected chi connectivity index (χ2v) is 11.2. The third-order valence-electron chi connectivity index (χ3n) is 8.64. The minimum absolute atomic E-state index is 0.144. The van der Waals surface area contributed by atoms with Crippen LogP contribution in [0, 0.1) is 0 Å². The van der Waals surface area contributed by atoms with Crippen LogP contribution in [0.2, 0.25) is 0 Å². The van der Waals surface area contributed by atoms with Crippen LogP contribution in [-0.2, 0) is 11.3 Å². The van der Waals surface area contributed by atoms with Crippen LogP contribution in [0.3, 0.4) is 0 Å². The summed E-state index contributed by atoms with van der Waals surface area (Å²) in [5.74, 6) is 0.350. The molecule has 0 saturated heterocycles. The Morgan fingerprint density at radius 1 is 0.800 bits per heavy atom. The van der Waals surface area contributed by atoms with Crippen molar-refractivity contribution in [2.45, 2.75) is 38.3 Å². The van der Waals surface area contributed by atoms with Crippen LogP contribution in [0.15, 0.2) is 102 Å². The number of allylic oxidation sites excluding steroid dienone is 1. The highest BCUT2D eigenvalue weighted by Crippen LogP contribution is 2.45. The van der Waals surface area contributed by atoms with Gasteiger partial charge in [-0.15, -0.1) is 0 Å². The number of nitrogens with zero attached hydrogens (tertiary/aromatic N) is 2. The van der Waals surface area contributed by atoms with Crippen LogP contribution in [0.25, 0.3) is 21.8 Å². The van der Waals surface area contributed by atoms with Gasteiger partial charge in [0.15, 0.2) is 5.78 Å². The Morgan fingerprint density at radius 3 is 2.27 bits per heavy atom. The SMILES string of the molecule is CCn1c2ccccc2c2cc(C3Nc4ccccc4NC4=C3C(=O)CC(c3ccc(N(C)C)cc3)C4)ccc21. The zero-order valence-electron chi connectivity index (χ0n) is 23.2. The molecule has 7 rings (SSSR count). The maximum absolute atomic E-state index is 14.1. The molecule has 2 N–H and O–H groups in total. The van der Waals surface area contributed by atoms with E-state index in [1.54, 1.807) is 0 Å². The maximum Gasteiger partial charge on any atom is 0.163 e. The van der Waals surface area contributed by atoms with Gasteiger partial charge in [-0.1, -0.05) is 48.5 Å². The van der Waals surface area contributed by atoms with Crippen LogP contribution in [0.1, 0.15) is 42.9 Å².